The lowest BCUT2D eigenvalue weighted by Gasteiger charge is -2.07. The van der Waals surface area contributed by atoms with E-state index in [0.29, 0.717) is 0 Å². The molecule has 0 bridgehead atoms. The van der Waals surface area contributed by atoms with Gasteiger partial charge in [-0.1, -0.05) is 17.7 Å². The fourth-order valence-corrected chi connectivity index (χ4v) is 1.68. The van der Waals surface area contributed by atoms with Gasteiger partial charge in [0.15, 0.2) is 5.82 Å². The van der Waals surface area contributed by atoms with Crippen molar-refractivity contribution in [2.75, 3.05) is 5.32 Å². The summed E-state index contributed by atoms with van der Waals surface area (Å²) in [4.78, 5) is 26.3. The van der Waals surface area contributed by atoms with E-state index in [9.17, 15) is 14.0 Å². The Bertz CT molecular complexity index is 691. The fourth-order valence-electron chi connectivity index (χ4n) is 1.50. The number of aromatic nitrogens is 1. The maximum Gasteiger partial charge on any atom is 0.337 e. The summed E-state index contributed by atoms with van der Waals surface area (Å²) >= 11 is 5.58. The first-order valence-corrected chi connectivity index (χ1v) is 5.80. The van der Waals surface area contributed by atoms with Crippen LogP contribution in [0.1, 0.15) is 20.7 Å². The van der Waals surface area contributed by atoms with Crippen LogP contribution in [0.25, 0.3) is 0 Å². The van der Waals surface area contributed by atoms with Gasteiger partial charge >= 0.3 is 5.97 Å². The van der Waals surface area contributed by atoms with Crippen molar-refractivity contribution < 1.29 is 19.1 Å². The van der Waals surface area contributed by atoms with E-state index < -0.39 is 17.7 Å². The Kier molecular flexibility index (Phi) is 3.95. The lowest BCUT2D eigenvalue weighted by Crippen LogP contribution is -2.14. The van der Waals surface area contributed by atoms with Crippen LogP contribution in [0.2, 0.25) is 5.02 Å². The minimum Gasteiger partial charge on any atom is -0.478 e. The maximum atomic E-state index is 13.7. The molecule has 1 aromatic heterocycles. The first kappa shape index (κ1) is 14.0. The summed E-state index contributed by atoms with van der Waals surface area (Å²) in [6.45, 7) is 0. The molecule has 0 aliphatic carbocycles. The van der Waals surface area contributed by atoms with Crippen molar-refractivity contribution in [1.82, 2.24) is 4.98 Å². The zero-order valence-electron chi connectivity index (χ0n) is 9.93. The van der Waals surface area contributed by atoms with Crippen molar-refractivity contribution in [3.05, 3.63) is 58.6 Å². The Morgan fingerprint density at radius 1 is 1.30 bits per heavy atom. The number of carboxylic acids is 1. The number of halogens is 2. The summed E-state index contributed by atoms with van der Waals surface area (Å²) in [5.74, 6) is -2.76. The van der Waals surface area contributed by atoms with Crippen LogP contribution < -0.4 is 5.32 Å². The Morgan fingerprint density at radius 3 is 2.75 bits per heavy atom. The zero-order chi connectivity index (χ0) is 14.7. The highest BCUT2D eigenvalue weighted by Crippen LogP contribution is 2.19. The third kappa shape index (κ3) is 2.92. The van der Waals surface area contributed by atoms with Crippen LogP contribution in [0.5, 0.6) is 0 Å². The topological polar surface area (TPSA) is 79.3 Å². The van der Waals surface area contributed by atoms with E-state index in [1.165, 1.54) is 30.5 Å². The van der Waals surface area contributed by atoms with Crippen LogP contribution in [0.3, 0.4) is 0 Å². The molecule has 2 N–H and O–H groups in total. The molecule has 102 valence electrons. The average molecular weight is 295 g/mol. The fraction of sp³-hybridized carbons (Fsp3) is 0. The minimum absolute atomic E-state index is 0.0885. The standard InChI is InChI=1S/C13H8ClFN2O3/c14-10-3-1-2-9(11(10)15)12(18)17-8-4-7(13(19)20)5-16-6-8/h1-6H,(H,17,18)(H,19,20). The molecule has 0 aliphatic heterocycles. The lowest BCUT2D eigenvalue weighted by atomic mass is 10.2. The molecule has 0 spiro atoms. The van der Waals surface area contributed by atoms with Gasteiger partial charge in [-0.15, -0.1) is 0 Å². The third-order valence-electron chi connectivity index (χ3n) is 2.44. The maximum absolute atomic E-state index is 13.7. The van der Waals surface area contributed by atoms with Gasteiger partial charge in [0.25, 0.3) is 5.91 Å². The number of pyridine rings is 1. The normalized spacial score (nSPS) is 10.1. The van der Waals surface area contributed by atoms with Crippen LogP contribution in [0.4, 0.5) is 10.1 Å². The molecule has 20 heavy (non-hydrogen) atoms. The van der Waals surface area contributed by atoms with Crippen LogP contribution >= 0.6 is 11.6 Å². The van der Waals surface area contributed by atoms with Crippen molar-refractivity contribution in [3.8, 4) is 0 Å². The predicted octanol–water partition coefficient (Wildman–Crippen LogP) is 2.82. The van der Waals surface area contributed by atoms with E-state index >= 15 is 0 Å². The van der Waals surface area contributed by atoms with E-state index in [2.05, 4.69) is 10.3 Å². The van der Waals surface area contributed by atoms with Gasteiger partial charge < -0.3 is 10.4 Å². The molecular formula is C13H8ClFN2O3. The molecule has 0 fully saturated rings. The van der Waals surface area contributed by atoms with E-state index in [1.807, 2.05) is 0 Å². The predicted molar refractivity (Wildman–Crippen MR) is 70.6 cm³/mol. The molecule has 0 aliphatic rings. The Balaban J connectivity index is 2.26. The van der Waals surface area contributed by atoms with Crippen molar-refractivity contribution >= 4 is 29.2 Å². The molecule has 0 radical (unpaired) electrons. The van der Waals surface area contributed by atoms with Gasteiger partial charge in [-0.2, -0.15) is 0 Å². The molecule has 7 heteroatoms. The largest absolute Gasteiger partial charge is 0.478 e. The highest BCUT2D eigenvalue weighted by atomic mass is 35.5. The van der Waals surface area contributed by atoms with E-state index in [0.717, 1.165) is 6.20 Å². The number of benzene rings is 1. The number of rotatable bonds is 3. The summed E-state index contributed by atoms with van der Waals surface area (Å²) in [5, 5.41) is 11.0. The Hall–Kier alpha value is -2.47. The number of nitrogens with one attached hydrogen (secondary N) is 1. The molecule has 1 amide bonds. The number of amides is 1. The summed E-state index contributed by atoms with van der Waals surface area (Å²) in [6.07, 6.45) is 2.39. The van der Waals surface area contributed by atoms with E-state index in [4.69, 9.17) is 16.7 Å². The molecular weight excluding hydrogens is 287 g/mol. The van der Waals surface area contributed by atoms with Gasteiger partial charge in [0.2, 0.25) is 0 Å². The summed E-state index contributed by atoms with van der Waals surface area (Å²) in [5.41, 5.74) is -0.179. The molecule has 5 nitrogen and oxygen atoms in total. The van der Waals surface area contributed by atoms with Crippen molar-refractivity contribution in [3.63, 3.8) is 0 Å². The summed E-state index contributed by atoms with van der Waals surface area (Å²) < 4.78 is 13.7. The first-order chi connectivity index (χ1) is 9.49. The monoisotopic (exact) mass is 294 g/mol. The van der Waals surface area contributed by atoms with Gasteiger partial charge in [-0.3, -0.25) is 9.78 Å². The molecule has 0 saturated carbocycles. The van der Waals surface area contributed by atoms with Gasteiger partial charge in [0.1, 0.15) is 0 Å². The van der Waals surface area contributed by atoms with Crippen LogP contribution in [0.15, 0.2) is 36.7 Å². The molecule has 0 atom stereocenters. The second-order valence-electron chi connectivity index (χ2n) is 3.82. The summed E-state index contributed by atoms with van der Waals surface area (Å²) in [6, 6.07) is 5.24. The second kappa shape index (κ2) is 5.66. The number of anilines is 1. The van der Waals surface area contributed by atoms with Gasteiger partial charge in [0.05, 0.1) is 28.0 Å². The number of hydrogen-bond acceptors (Lipinski definition) is 3. The van der Waals surface area contributed by atoms with Crippen LogP contribution in [-0.2, 0) is 0 Å². The SMILES string of the molecule is O=C(O)c1cncc(NC(=O)c2cccc(Cl)c2F)c1. The molecule has 0 unspecified atom stereocenters. The zero-order valence-corrected chi connectivity index (χ0v) is 10.7. The average Bonchev–Trinajstić information content (AvgIpc) is 2.42. The molecule has 0 saturated heterocycles. The van der Waals surface area contributed by atoms with Gasteiger partial charge in [-0.25, -0.2) is 9.18 Å². The number of hydrogen-bond donors (Lipinski definition) is 2. The molecule has 1 heterocycles. The Labute approximate surface area is 118 Å². The van der Waals surface area contributed by atoms with Crippen LogP contribution in [-0.4, -0.2) is 22.0 Å². The third-order valence-corrected chi connectivity index (χ3v) is 2.73. The van der Waals surface area contributed by atoms with E-state index in [-0.39, 0.29) is 21.8 Å². The minimum atomic E-state index is -1.18. The highest BCUT2D eigenvalue weighted by molar-refractivity contribution is 6.31. The molecule has 1 aromatic carbocycles. The highest BCUT2D eigenvalue weighted by Gasteiger charge is 2.15. The molecule has 2 rings (SSSR count). The number of nitrogens with zero attached hydrogens (tertiary/aromatic N) is 1. The van der Waals surface area contributed by atoms with Crippen molar-refractivity contribution in [1.29, 1.82) is 0 Å². The van der Waals surface area contributed by atoms with Gasteiger partial charge in [0, 0.05) is 6.20 Å². The number of carbonyl (C=O) groups is 2. The first-order valence-electron chi connectivity index (χ1n) is 5.42. The smallest absolute Gasteiger partial charge is 0.337 e. The molecule has 2 aromatic rings. The number of aromatic carboxylic acids is 1. The Morgan fingerprint density at radius 2 is 2.05 bits per heavy atom. The van der Waals surface area contributed by atoms with Gasteiger partial charge in [-0.05, 0) is 18.2 Å². The van der Waals surface area contributed by atoms with Crippen LogP contribution in [0, 0.1) is 5.82 Å². The quantitative estimate of drug-likeness (QED) is 0.912. The second-order valence-corrected chi connectivity index (χ2v) is 4.23. The van der Waals surface area contributed by atoms with E-state index in [1.54, 1.807) is 0 Å². The number of carbonyl (C=O) groups excluding carboxylic acids is 1. The summed E-state index contributed by atoms with van der Waals surface area (Å²) in [7, 11) is 0. The van der Waals surface area contributed by atoms with Crippen molar-refractivity contribution in [2.24, 2.45) is 0 Å². The van der Waals surface area contributed by atoms with Crippen molar-refractivity contribution in [2.45, 2.75) is 0 Å². The lowest BCUT2D eigenvalue weighted by molar-refractivity contribution is 0.0696. The number of carboxylic acid groups (broad SMARTS) is 1.